The van der Waals surface area contributed by atoms with Crippen LogP contribution in [0.15, 0.2) is 18.2 Å². The summed E-state index contributed by atoms with van der Waals surface area (Å²) < 4.78 is 0. The van der Waals surface area contributed by atoms with Crippen molar-refractivity contribution >= 4 is 24.0 Å². The van der Waals surface area contributed by atoms with Gasteiger partial charge in [0.05, 0.1) is 5.69 Å². The van der Waals surface area contributed by atoms with Gasteiger partial charge in [0.15, 0.2) is 0 Å². The van der Waals surface area contributed by atoms with Gasteiger partial charge in [-0.25, -0.2) is 0 Å². The highest BCUT2D eigenvalue weighted by Gasteiger charge is 2.33. The van der Waals surface area contributed by atoms with Gasteiger partial charge < -0.3 is 16.2 Å². The fourth-order valence-corrected chi connectivity index (χ4v) is 3.19. The number of halogens is 1. The van der Waals surface area contributed by atoms with Gasteiger partial charge in [0.1, 0.15) is 5.75 Å². The Morgan fingerprint density at radius 1 is 1.32 bits per heavy atom. The summed E-state index contributed by atoms with van der Waals surface area (Å²) in [5.41, 5.74) is 7.46. The van der Waals surface area contributed by atoms with E-state index in [1.54, 1.807) is 6.07 Å². The standard InChI is InChI=1S/C17H26N2O2.ClH/c1-2-13-6-7-15(20)14(10-13)19-16(21)11-17(12-18)8-4-3-5-9-17;/h6-7,10,20H,2-5,8-9,11-12,18H2,1H3,(H,19,21);1H. The second kappa shape index (κ2) is 8.39. The van der Waals surface area contributed by atoms with Crippen LogP contribution in [0.5, 0.6) is 5.75 Å². The first-order valence-electron chi connectivity index (χ1n) is 7.90. The van der Waals surface area contributed by atoms with Crippen LogP contribution in [0.4, 0.5) is 5.69 Å². The molecular weight excluding hydrogens is 300 g/mol. The second-order valence-corrected chi connectivity index (χ2v) is 6.19. The number of amides is 1. The van der Waals surface area contributed by atoms with Crippen LogP contribution in [0.2, 0.25) is 0 Å². The minimum Gasteiger partial charge on any atom is -0.506 e. The molecule has 0 saturated heterocycles. The molecule has 1 aliphatic rings. The predicted octanol–water partition coefficient (Wildman–Crippen LogP) is 3.61. The topological polar surface area (TPSA) is 75.3 Å². The van der Waals surface area contributed by atoms with Gasteiger partial charge in [-0.3, -0.25) is 4.79 Å². The van der Waals surface area contributed by atoms with Crippen molar-refractivity contribution in [3.8, 4) is 5.75 Å². The Bertz CT molecular complexity index is 499. The van der Waals surface area contributed by atoms with Crippen molar-refractivity contribution in [2.75, 3.05) is 11.9 Å². The average molecular weight is 327 g/mol. The molecule has 1 saturated carbocycles. The summed E-state index contributed by atoms with van der Waals surface area (Å²) in [6, 6.07) is 5.34. The lowest BCUT2D eigenvalue weighted by atomic mass is 9.71. The van der Waals surface area contributed by atoms with Crippen molar-refractivity contribution in [2.24, 2.45) is 11.1 Å². The summed E-state index contributed by atoms with van der Waals surface area (Å²) in [5.74, 6) is 0.0666. The van der Waals surface area contributed by atoms with Gasteiger partial charge in [0, 0.05) is 6.42 Å². The van der Waals surface area contributed by atoms with E-state index in [-0.39, 0.29) is 29.5 Å². The van der Waals surface area contributed by atoms with E-state index in [1.807, 2.05) is 19.1 Å². The first kappa shape index (κ1) is 18.8. The molecule has 5 heteroatoms. The quantitative estimate of drug-likeness (QED) is 0.723. The van der Waals surface area contributed by atoms with E-state index in [0.29, 0.717) is 18.7 Å². The van der Waals surface area contributed by atoms with Crippen molar-refractivity contribution in [3.63, 3.8) is 0 Å². The zero-order chi connectivity index (χ0) is 15.3. The average Bonchev–Trinajstić information content (AvgIpc) is 2.50. The Labute approximate surface area is 138 Å². The minimum atomic E-state index is -0.0552. The van der Waals surface area contributed by atoms with Crippen molar-refractivity contribution in [3.05, 3.63) is 23.8 Å². The Kier molecular flexibility index (Phi) is 7.17. The summed E-state index contributed by atoms with van der Waals surface area (Å²) in [4.78, 5) is 12.3. The van der Waals surface area contributed by atoms with Crippen molar-refractivity contribution < 1.29 is 9.90 Å². The predicted molar refractivity (Wildman–Crippen MR) is 92.6 cm³/mol. The summed E-state index contributed by atoms with van der Waals surface area (Å²) in [7, 11) is 0. The highest BCUT2D eigenvalue weighted by Crippen LogP contribution is 2.38. The van der Waals surface area contributed by atoms with Crippen LogP contribution in [0.1, 0.15) is 51.0 Å². The molecule has 124 valence electrons. The molecule has 0 heterocycles. The van der Waals surface area contributed by atoms with Crippen LogP contribution >= 0.6 is 12.4 Å². The third kappa shape index (κ3) is 4.62. The molecule has 0 aromatic heterocycles. The summed E-state index contributed by atoms with van der Waals surface area (Å²) >= 11 is 0. The molecule has 2 rings (SSSR count). The fraction of sp³-hybridized carbons (Fsp3) is 0.588. The number of carbonyl (C=O) groups excluding carboxylic acids is 1. The molecule has 0 radical (unpaired) electrons. The Balaban J connectivity index is 0.00000242. The number of rotatable bonds is 5. The zero-order valence-corrected chi connectivity index (χ0v) is 14.0. The van der Waals surface area contributed by atoms with Gasteiger partial charge in [0.25, 0.3) is 0 Å². The van der Waals surface area contributed by atoms with Gasteiger partial charge in [-0.15, -0.1) is 12.4 Å². The maximum atomic E-state index is 12.3. The lowest BCUT2D eigenvalue weighted by Gasteiger charge is -2.35. The number of hydrogen-bond donors (Lipinski definition) is 3. The van der Waals surface area contributed by atoms with Crippen molar-refractivity contribution in [2.45, 2.75) is 51.9 Å². The zero-order valence-electron chi connectivity index (χ0n) is 13.2. The van der Waals surface area contributed by atoms with Crippen LogP contribution < -0.4 is 11.1 Å². The molecule has 0 unspecified atom stereocenters. The molecule has 0 bridgehead atoms. The number of anilines is 1. The molecule has 0 spiro atoms. The van der Waals surface area contributed by atoms with Gasteiger partial charge in [-0.1, -0.05) is 32.3 Å². The number of benzene rings is 1. The van der Waals surface area contributed by atoms with Gasteiger partial charge >= 0.3 is 0 Å². The lowest BCUT2D eigenvalue weighted by Crippen LogP contribution is -2.36. The summed E-state index contributed by atoms with van der Waals surface area (Å²) in [6.07, 6.45) is 6.91. The molecule has 1 aliphatic carbocycles. The van der Waals surface area contributed by atoms with E-state index in [4.69, 9.17) is 5.73 Å². The van der Waals surface area contributed by atoms with E-state index in [0.717, 1.165) is 37.7 Å². The van der Waals surface area contributed by atoms with Crippen LogP contribution in [-0.2, 0) is 11.2 Å². The fourth-order valence-electron chi connectivity index (χ4n) is 3.19. The SMILES string of the molecule is CCc1ccc(O)c(NC(=O)CC2(CN)CCCCC2)c1.Cl. The highest BCUT2D eigenvalue weighted by atomic mass is 35.5. The summed E-state index contributed by atoms with van der Waals surface area (Å²) in [6.45, 7) is 2.60. The molecule has 1 fully saturated rings. The molecule has 4 nitrogen and oxygen atoms in total. The molecule has 1 aromatic carbocycles. The number of carbonyl (C=O) groups is 1. The molecular formula is C17H27ClN2O2. The van der Waals surface area contributed by atoms with Crippen LogP contribution in [0, 0.1) is 5.41 Å². The number of phenolic OH excluding ortho intramolecular Hbond substituents is 1. The number of aryl methyl sites for hydroxylation is 1. The Morgan fingerprint density at radius 3 is 2.59 bits per heavy atom. The third-order valence-electron chi connectivity index (χ3n) is 4.63. The van der Waals surface area contributed by atoms with Gasteiger partial charge in [-0.05, 0) is 48.9 Å². The molecule has 4 N–H and O–H groups in total. The maximum absolute atomic E-state index is 12.3. The lowest BCUT2D eigenvalue weighted by molar-refractivity contribution is -0.118. The van der Waals surface area contributed by atoms with E-state index in [1.165, 1.54) is 6.42 Å². The van der Waals surface area contributed by atoms with E-state index >= 15 is 0 Å². The van der Waals surface area contributed by atoms with E-state index in [2.05, 4.69) is 5.32 Å². The van der Waals surface area contributed by atoms with E-state index < -0.39 is 0 Å². The number of nitrogens with one attached hydrogen (secondary N) is 1. The third-order valence-corrected chi connectivity index (χ3v) is 4.63. The monoisotopic (exact) mass is 326 g/mol. The van der Waals surface area contributed by atoms with Crippen LogP contribution in [0.3, 0.4) is 0 Å². The van der Waals surface area contributed by atoms with E-state index in [9.17, 15) is 9.90 Å². The van der Waals surface area contributed by atoms with Crippen LogP contribution in [-0.4, -0.2) is 17.6 Å². The number of nitrogens with two attached hydrogens (primary N) is 1. The first-order valence-corrected chi connectivity index (χ1v) is 7.90. The molecule has 1 aromatic rings. The molecule has 0 aliphatic heterocycles. The molecule has 0 atom stereocenters. The summed E-state index contributed by atoms with van der Waals surface area (Å²) in [5, 5.41) is 12.7. The minimum absolute atomic E-state index is 0. The van der Waals surface area contributed by atoms with Gasteiger partial charge in [-0.2, -0.15) is 0 Å². The normalized spacial score (nSPS) is 16.6. The second-order valence-electron chi connectivity index (χ2n) is 6.19. The number of phenols is 1. The van der Waals surface area contributed by atoms with Crippen LogP contribution in [0.25, 0.3) is 0 Å². The Hall–Kier alpha value is -1.26. The highest BCUT2D eigenvalue weighted by molar-refractivity contribution is 5.92. The maximum Gasteiger partial charge on any atom is 0.225 e. The Morgan fingerprint density at radius 2 is 2.00 bits per heavy atom. The first-order chi connectivity index (χ1) is 10.1. The number of aromatic hydroxyl groups is 1. The molecule has 22 heavy (non-hydrogen) atoms. The van der Waals surface area contributed by atoms with Gasteiger partial charge in [0.2, 0.25) is 5.91 Å². The van der Waals surface area contributed by atoms with Crippen molar-refractivity contribution in [1.82, 2.24) is 0 Å². The van der Waals surface area contributed by atoms with Crippen molar-refractivity contribution in [1.29, 1.82) is 0 Å². The molecule has 1 amide bonds. The smallest absolute Gasteiger partial charge is 0.225 e. The largest absolute Gasteiger partial charge is 0.506 e. The number of hydrogen-bond acceptors (Lipinski definition) is 3.